The second-order valence-electron chi connectivity index (χ2n) is 4.52. The van der Waals surface area contributed by atoms with Gasteiger partial charge in [-0.2, -0.15) is 13.2 Å². The van der Waals surface area contributed by atoms with Gasteiger partial charge in [0.05, 0.1) is 0 Å². The van der Waals surface area contributed by atoms with E-state index in [0.29, 0.717) is 11.6 Å². The molecule has 2 nitrogen and oxygen atoms in total. The van der Waals surface area contributed by atoms with Gasteiger partial charge in [0.1, 0.15) is 5.82 Å². The smallest absolute Gasteiger partial charge is 0.437 e. The molecule has 116 valence electrons. The lowest BCUT2D eigenvalue weighted by atomic mass is 9.92. The largest absolute Gasteiger partial charge is 0.478 e. The zero-order chi connectivity index (χ0) is 16.5. The average Bonchev–Trinajstić information content (AvgIpc) is 2.45. The summed E-state index contributed by atoms with van der Waals surface area (Å²) < 4.78 is 66.1. The van der Waals surface area contributed by atoms with Gasteiger partial charge < -0.3 is 5.11 Å². The number of carboxylic acid groups (broad SMARTS) is 1. The molecule has 7 heteroatoms. The summed E-state index contributed by atoms with van der Waals surface area (Å²) >= 11 is 0. The molecule has 1 unspecified atom stereocenters. The number of alkyl halides is 4. The Morgan fingerprint density at radius 1 is 0.955 bits per heavy atom. The second-order valence-corrected chi connectivity index (χ2v) is 4.52. The molecule has 0 saturated heterocycles. The van der Waals surface area contributed by atoms with Gasteiger partial charge in [0, 0.05) is 11.1 Å². The summed E-state index contributed by atoms with van der Waals surface area (Å²) in [5.41, 5.74) is -5.66. The summed E-state index contributed by atoms with van der Waals surface area (Å²) in [5.74, 6) is -3.89. The molecule has 0 aliphatic heterocycles. The van der Waals surface area contributed by atoms with E-state index >= 15 is 0 Å². The van der Waals surface area contributed by atoms with Gasteiger partial charge in [-0.1, -0.05) is 42.5 Å². The molecule has 1 atom stereocenters. The van der Waals surface area contributed by atoms with E-state index in [1.54, 1.807) is 18.2 Å². The van der Waals surface area contributed by atoms with E-state index in [-0.39, 0.29) is 11.6 Å². The van der Waals surface area contributed by atoms with E-state index in [0.717, 1.165) is 6.07 Å². The van der Waals surface area contributed by atoms with Crippen LogP contribution in [0, 0.1) is 5.82 Å². The quantitative estimate of drug-likeness (QED) is 0.857. The highest BCUT2D eigenvalue weighted by molar-refractivity contribution is 5.81. The third kappa shape index (κ3) is 2.54. The first kappa shape index (κ1) is 15.9. The Bertz CT molecular complexity index is 697. The standard InChI is InChI=1S/C15H9F5O2/c16-12-8-10(14(17,13(21)22)15(18,19)20)6-7-11(12)9-4-2-1-3-5-9/h1-8H,(H,21,22). The Balaban J connectivity index is 2.56. The monoisotopic (exact) mass is 316 g/mol. The van der Waals surface area contributed by atoms with Gasteiger partial charge in [0.2, 0.25) is 0 Å². The predicted octanol–water partition coefficient (Wildman–Crippen LogP) is 4.30. The molecule has 1 N–H and O–H groups in total. The number of rotatable bonds is 3. The Morgan fingerprint density at radius 3 is 2.00 bits per heavy atom. The van der Waals surface area contributed by atoms with Gasteiger partial charge in [-0.3, -0.25) is 0 Å². The Morgan fingerprint density at radius 2 is 1.55 bits per heavy atom. The predicted molar refractivity (Wildman–Crippen MR) is 68.3 cm³/mol. The lowest BCUT2D eigenvalue weighted by molar-refractivity contribution is -0.240. The highest BCUT2D eigenvalue weighted by Crippen LogP contribution is 2.43. The van der Waals surface area contributed by atoms with E-state index in [1.165, 1.54) is 12.1 Å². The highest BCUT2D eigenvalue weighted by atomic mass is 19.4. The van der Waals surface area contributed by atoms with Crippen LogP contribution in [0.25, 0.3) is 11.1 Å². The van der Waals surface area contributed by atoms with Crippen LogP contribution in [0.5, 0.6) is 0 Å². The number of carbonyl (C=O) groups is 1. The van der Waals surface area contributed by atoms with Gasteiger partial charge in [0.15, 0.2) is 0 Å². The SMILES string of the molecule is O=C(O)C(F)(c1ccc(-c2ccccc2)c(F)c1)C(F)(F)F. The van der Waals surface area contributed by atoms with E-state index in [4.69, 9.17) is 5.11 Å². The van der Waals surface area contributed by atoms with Crippen LogP contribution in [-0.2, 0) is 10.5 Å². The zero-order valence-corrected chi connectivity index (χ0v) is 10.9. The van der Waals surface area contributed by atoms with Crippen molar-refractivity contribution in [3.63, 3.8) is 0 Å². The molecule has 0 bridgehead atoms. The minimum atomic E-state index is -5.71. The molecular formula is C15H9F5O2. The second kappa shape index (κ2) is 5.40. The number of halogens is 5. The van der Waals surface area contributed by atoms with Crippen LogP contribution in [-0.4, -0.2) is 17.3 Å². The molecule has 2 aromatic rings. The first-order valence-electron chi connectivity index (χ1n) is 6.02. The minimum Gasteiger partial charge on any atom is -0.478 e. The molecule has 0 aliphatic rings. The number of hydrogen-bond donors (Lipinski definition) is 1. The topological polar surface area (TPSA) is 37.3 Å². The van der Waals surface area contributed by atoms with E-state index in [9.17, 15) is 26.7 Å². The minimum absolute atomic E-state index is 0.0562. The van der Waals surface area contributed by atoms with Crippen LogP contribution >= 0.6 is 0 Å². The van der Waals surface area contributed by atoms with Crippen molar-refractivity contribution in [1.82, 2.24) is 0 Å². The summed E-state index contributed by atoms with van der Waals surface area (Å²) in [7, 11) is 0. The fourth-order valence-corrected chi connectivity index (χ4v) is 1.99. The summed E-state index contributed by atoms with van der Waals surface area (Å²) in [6.45, 7) is 0. The first-order chi connectivity index (χ1) is 10.2. The number of benzene rings is 2. The fraction of sp³-hybridized carbons (Fsp3) is 0.133. The summed E-state index contributed by atoms with van der Waals surface area (Å²) in [4.78, 5) is 10.7. The van der Waals surface area contributed by atoms with Gasteiger partial charge in [-0.25, -0.2) is 13.6 Å². The molecule has 0 radical (unpaired) electrons. The zero-order valence-electron chi connectivity index (χ0n) is 10.9. The molecule has 0 aliphatic carbocycles. The third-order valence-corrected chi connectivity index (χ3v) is 3.14. The normalized spacial score (nSPS) is 14.4. The van der Waals surface area contributed by atoms with Crippen molar-refractivity contribution >= 4 is 5.97 Å². The molecular weight excluding hydrogens is 307 g/mol. The third-order valence-electron chi connectivity index (χ3n) is 3.14. The Labute approximate surface area is 121 Å². The van der Waals surface area contributed by atoms with Crippen molar-refractivity contribution in [3.8, 4) is 11.1 Å². The molecule has 2 aromatic carbocycles. The maximum Gasteiger partial charge on any atom is 0.437 e. The highest BCUT2D eigenvalue weighted by Gasteiger charge is 2.63. The number of hydrogen-bond acceptors (Lipinski definition) is 1. The molecule has 0 fully saturated rings. The number of aliphatic carboxylic acids is 1. The molecule has 0 spiro atoms. The van der Waals surface area contributed by atoms with Gasteiger partial charge in [-0.15, -0.1) is 0 Å². The fourth-order valence-electron chi connectivity index (χ4n) is 1.99. The molecule has 2 rings (SSSR count). The van der Waals surface area contributed by atoms with Gasteiger partial charge in [-0.05, 0) is 11.6 Å². The molecule has 0 amide bonds. The van der Waals surface area contributed by atoms with E-state index in [1.807, 2.05) is 0 Å². The lowest BCUT2D eigenvalue weighted by Crippen LogP contribution is -2.45. The Hall–Kier alpha value is -2.44. The maximum absolute atomic E-state index is 14.0. The van der Waals surface area contributed by atoms with Gasteiger partial charge >= 0.3 is 17.8 Å². The van der Waals surface area contributed by atoms with Crippen molar-refractivity contribution in [2.75, 3.05) is 0 Å². The van der Waals surface area contributed by atoms with Crippen LogP contribution in [0.15, 0.2) is 48.5 Å². The Kier molecular flexibility index (Phi) is 3.91. The lowest BCUT2D eigenvalue weighted by Gasteiger charge is -2.24. The van der Waals surface area contributed by atoms with Crippen LogP contribution in [0.3, 0.4) is 0 Å². The molecule has 0 aromatic heterocycles. The van der Waals surface area contributed by atoms with E-state index < -0.39 is 29.2 Å². The summed E-state index contributed by atoms with van der Waals surface area (Å²) in [5, 5.41) is 8.58. The maximum atomic E-state index is 14.0. The van der Waals surface area contributed by atoms with Crippen molar-refractivity contribution in [2.24, 2.45) is 0 Å². The van der Waals surface area contributed by atoms with Crippen molar-refractivity contribution in [2.45, 2.75) is 11.8 Å². The van der Waals surface area contributed by atoms with Crippen molar-refractivity contribution < 1.29 is 31.9 Å². The van der Waals surface area contributed by atoms with Gasteiger partial charge in [0.25, 0.3) is 0 Å². The molecule has 22 heavy (non-hydrogen) atoms. The molecule has 0 heterocycles. The van der Waals surface area contributed by atoms with Crippen LogP contribution in [0.4, 0.5) is 22.0 Å². The first-order valence-corrected chi connectivity index (χ1v) is 6.02. The van der Waals surface area contributed by atoms with E-state index in [2.05, 4.69) is 0 Å². The van der Waals surface area contributed by atoms with Crippen LogP contribution in [0.1, 0.15) is 5.56 Å². The average molecular weight is 316 g/mol. The van der Waals surface area contributed by atoms with Crippen molar-refractivity contribution in [3.05, 3.63) is 59.9 Å². The van der Waals surface area contributed by atoms with Crippen molar-refractivity contribution in [1.29, 1.82) is 0 Å². The molecule has 0 saturated carbocycles. The van der Waals surface area contributed by atoms with Crippen LogP contribution in [0.2, 0.25) is 0 Å². The summed E-state index contributed by atoms with van der Waals surface area (Å²) in [6, 6.07) is 9.67. The number of carboxylic acids is 1. The van der Waals surface area contributed by atoms with Crippen LogP contribution < -0.4 is 0 Å². The summed E-state index contributed by atoms with van der Waals surface area (Å²) in [6.07, 6.45) is -5.71.